The van der Waals surface area contributed by atoms with E-state index >= 15 is 0 Å². The molecule has 0 saturated heterocycles. The van der Waals surface area contributed by atoms with Gasteiger partial charge in [-0.1, -0.05) is 121 Å². The van der Waals surface area contributed by atoms with Gasteiger partial charge >= 0.3 is 0 Å². The van der Waals surface area contributed by atoms with Crippen molar-refractivity contribution in [2.24, 2.45) is 0 Å². The number of fused-ring (bicyclic) bond motifs is 4. The average molecular weight is 474 g/mol. The molecule has 0 unspecified atom stereocenters. The number of pyridine rings is 1. The third kappa shape index (κ3) is 3.71. The predicted molar refractivity (Wildman–Crippen MR) is 154 cm³/mol. The van der Waals surface area contributed by atoms with Gasteiger partial charge in [-0.25, -0.2) is 0 Å². The molecule has 0 spiro atoms. The van der Waals surface area contributed by atoms with E-state index in [1.165, 1.54) is 5.56 Å². The molecule has 0 aliphatic rings. The minimum atomic E-state index is 0.798. The second-order valence-corrected chi connectivity index (χ2v) is 9.18. The van der Waals surface area contributed by atoms with Crippen LogP contribution in [0.15, 0.2) is 140 Å². The molecule has 0 atom stereocenters. The van der Waals surface area contributed by atoms with E-state index in [-0.39, 0.29) is 0 Å². The maximum Gasteiger partial charge on any atom is 0.145 e. The van der Waals surface area contributed by atoms with E-state index in [4.69, 9.17) is 9.72 Å². The Morgan fingerprint density at radius 2 is 1.03 bits per heavy atom. The Bertz CT molecular complexity index is 1880. The molecular formula is C35H23NO. The SMILES string of the molecule is c1ccc(-c2ccc(Oc3c4ccccc4c(-c4ccccc4)c4ncc5ccccc5c34)cc2)cc1. The van der Waals surface area contributed by atoms with Crippen molar-refractivity contribution in [3.63, 3.8) is 0 Å². The van der Waals surface area contributed by atoms with Crippen LogP contribution in [-0.4, -0.2) is 4.98 Å². The predicted octanol–water partition coefficient (Wildman–Crippen LogP) is 9.67. The van der Waals surface area contributed by atoms with Crippen LogP contribution < -0.4 is 4.74 Å². The van der Waals surface area contributed by atoms with Crippen molar-refractivity contribution in [1.29, 1.82) is 0 Å². The summed E-state index contributed by atoms with van der Waals surface area (Å²) in [6.45, 7) is 0. The number of rotatable bonds is 4. The Labute approximate surface area is 215 Å². The zero-order valence-electron chi connectivity index (χ0n) is 20.1. The first kappa shape index (κ1) is 21.3. The highest BCUT2D eigenvalue weighted by Crippen LogP contribution is 2.46. The van der Waals surface area contributed by atoms with Crippen molar-refractivity contribution < 1.29 is 4.74 Å². The van der Waals surface area contributed by atoms with Crippen LogP contribution in [0.25, 0.3) is 54.7 Å². The maximum atomic E-state index is 6.75. The molecule has 0 saturated carbocycles. The maximum absolute atomic E-state index is 6.75. The van der Waals surface area contributed by atoms with Gasteiger partial charge in [-0.05, 0) is 39.6 Å². The zero-order valence-corrected chi connectivity index (χ0v) is 20.1. The lowest BCUT2D eigenvalue weighted by molar-refractivity contribution is 0.494. The van der Waals surface area contributed by atoms with E-state index in [1.807, 2.05) is 30.5 Å². The van der Waals surface area contributed by atoms with Gasteiger partial charge in [-0.2, -0.15) is 0 Å². The fourth-order valence-corrected chi connectivity index (χ4v) is 5.21. The summed E-state index contributed by atoms with van der Waals surface area (Å²) in [5.41, 5.74) is 5.56. The highest BCUT2D eigenvalue weighted by Gasteiger charge is 2.20. The smallest absolute Gasteiger partial charge is 0.145 e. The molecule has 1 aromatic heterocycles. The molecule has 0 N–H and O–H groups in total. The minimum Gasteiger partial charge on any atom is -0.456 e. The normalized spacial score (nSPS) is 11.2. The monoisotopic (exact) mass is 473 g/mol. The van der Waals surface area contributed by atoms with Crippen LogP contribution in [0.2, 0.25) is 0 Å². The van der Waals surface area contributed by atoms with Gasteiger partial charge in [0.1, 0.15) is 11.5 Å². The molecule has 7 rings (SSSR count). The first-order valence-corrected chi connectivity index (χ1v) is 12.5. The molecular weight excluding hydrogens is 450 g/mol. The van der Waals surface area contributed by atoms with Crippen molar-refractivity contribution in [1.82, 2.24) is 4.98 Å². The Morgan fingerprint density at radius 3 is 1.76 bits per heavy atom. The van der Waals surface area contributed by atoms with Crippen molar-refractivity contribution >= 4 is 32.4 Å². The summed E-state index contributed by atoms with van der Waals surface area (Å²) in [6.07, 6.45) is 1.97. The van der Waals surface area contributed by atoms with Crippen molar-refractivity contribution in [2.45, 2.75) is 0 Å². The number of benzene rings is 6. The summed E-state index contributed by atoms with van der Waals surface area (Å²) in [6, 6.07) is 46.1. The van der Waals surface area contributed by atoms with Crippen LogP contribution in [0, 0.1) is 0 Å². The Kier molecular flexibility index (Phi) is 5.15. The van der Waals surface area contributed by atoms with Crippen LogP contribution in [0.4, 0.5) is 0 Å². The number of hydrogen-bond donors (Lipinski definition) is 0. The highest BCUT2D eigenvalue weighted by molar-refractivity contribution is 6.22. The first-order valence-electron chi connectivity index (χ1n) is 12.5. The summed E-state index contributed by atoms with van der Waals surface area (Å²) in [4.78, 5) is 5.01. The standard InChI is InChI=1S/C35H23NO/c1-3-11-24(12-4-1)25-19-21-28(22-20-25)37-35-31-18-10-9-17-30(31)32(26-13-5-2-6-14-26)34-33(35)29-16-8-7-15-27(29)23-36-34/h1-23H. The summed E-state index contributed by atoms with van der Waals surface area (Å²) >= 11 is 0. The molecule has 0 aliphatic heterocycles. The van der Waals surface area contributed by atoms with E-state index in [1.54, 1.807) is 0 Å². The topological polar surface area (TPSA) is 22.1 Å². The average Bonchev–Trinajstić information content (AvgIpc) is 2.98. The molecule has 7 aromatic rings. The quantitative estimate of drug-likeness (QED) is 0.187. The van der Waals surface area contributed by atoms with Gasteiger partial charge in [-0.3, -0.25) is 4.98 Å². The minimum absolute atomic E-state index is 0.798. The van der Waals surface area contributed by atoms with Crippen LogP contribution in [0.3, 0.4) is 0 Å². The summed E-state index contributed by atoms with van der Waals surface area (Å²) < 4.78 is 6.75. The second-order valence-electron chi connectivity index (χ2n) is 9.18. The lowest BCUT2D eigenvalue weighted by atomic mass is 9.92. The molecule has 6 aromatic carbocycles. The fraction of sp³-hybridized carbons (Fsp3) is 0. The van der Waals surface area contributed by atoms with Gasteiger partial charge in [0, 0.05) is 22.5 Å². The second kappa shape index (κ2) is 8.92. The van der Waals surface area contributed by atoms with E-state index in [0.717, 1.165) is 60.6 Å². The van der Waals surface area contributed by atoms with Crippen LogP contribution in [-0.2, 0) is 0 Å². The Hall–Kier alpha value is -4.95. The molecule has 0 fully saturated rings. The summed E-state index contributed by atoms with van der Waals surface area (Å²) in [5, 5.41) is 5.45. The molecule has 2 nitrogen and oxygen atoms in total. The lowest BCUT2D eigenvalue weighted by Gasteiger charge is -2.18. The van der Waals surface area contributed by atoms with Gasteiger partial charge in [0.2, 0.25) is 0 Å². The number of hydrogen-bond acceptors (Lipinski definition) is 2. The summed E-state index contributed by atoms with van der Waals surface area (Å²) in [7, 11) is 0. The van der Waals surface area contributed by atoms with Gasteiger partial charge < -0.3 is 4.74 Å². The fourth-order valence-electron chi connectivity index (χ4n) is 5.21. The van der Waals surface area contributed by atoms with Gasteiger partial charge in [0.25, 0.3) is 0 Å². The zero-order chi connectivity index (χ0) is 24.6. The van der Waals surface area contributed by atoms with E-state index < -0.39 is 0 Å². The van der Waals surface area contributed by atoms with E-state index in [2.05, 4.69) is 109 Å². The third-order valence-electron chi connectivity index (χ3n) is 6.95. The molecule has 0 aliphatic carbocycles. The van der Waals surface area contributed by atoms with Crippen LogP contribution in [0.1, 0.15) is 0 Å². The molecule has 0 radical (unpaired) electrons. The first-order chi connectivity index (χ1) is 18.4. The molecule has 0 amide bonds. The van der Waals surface area contributed by atoms with Gasteiger partial charge in [0.05, 0.1) is 10.9 Å². The number of ether oxygens (including phenoxy) is 1. The summed E-state index contributed by atoms with van der Waals surface area (Å²) in [5.74, 6) is 1.63. The highest BCUT2D eigenvalue weighted by atomic mass is 16.5. The van der Waals surface area contributed by atoms with Gasteiger partial charge in [-0.15, -0.1) is 0 Å². The molecule has 2 heteroatoms. The van der Waals surface area contributed by atoms with Crippen molar-refractivity contribution in [3.8, 4) is 33.8 Å². The van der Waals surface area contributed by atoms with Gasteiger partial charge in [0.15, 0.2) is 0 Å². The Morgan fingerprint density at radius 1 is 0.459 bits per heavy atom. The molecule has 0 bridgehead atoms. The Balaban J connectivity index is 1.50. The van der Waals surface area contributed by atoms with Crippen molar-refractivity contribution in [3.05, 3.63) is 140 Å². The molecule has 1 heterocycles. The van der Waals surface area contributed by atoms with E-state index in [0.29, 0.717) is 0 Å². The number of nitrogens with zero attached hydrogens (tertiary/aromatic N) is 1. The van der Waals surface area contributed by atoms with Crippen molar-refractivity contribution in [2.75, 3.05) is 0 Å². The van der Waals surface area contributed by atoms with Crippen LogP contribution in [0.5, 0.6) is 11.5 Å². The van der Waals surface area contributed by atoms with E-state index in [9.17, 15) is 0 Å². The third-order valence-corrected chi connectivity index (χ3v) is 6.95. The largest absolute Gasteiger partial charge is 0.456 e. The molecule has 174 valence electrons. The van der Waals surface area contributed by atoms with Crippen LogP contribution >= 0.6 is 0 Å². The molecule has 37 heavy (non-hydrogen) atoms. The lowest BCUT2D eigenvalue weighted by Crippen LogP contribution is -1.95. The number of aromatic nitrogens is 1.